The molecular weight excluding hydrogens is 236 g/mol. The third kappa shape index (κ3) is 14.9. The molecule has 4 N–H and O–H groups in total. The summed E-state index contributed by atoms with van der Waals surface area (Å²) < 4.78 is 0. The summed E-state index contributed by atoms with van der Waals surface area (Å²) in [5.74, 6) is 0.659. The van der Waals surface area contributed by atoms with E-state index in [2.05, 4.69) is 58.3 Å². The van der Waals surface area contributed by atoms with Gasteiger partial charge in [0.15, 0.2) is 0 Å². The van der Waals surface area contributed by atoms with Gasteiger partial charge in [-0.1, -0.05) is 44.2 Å². The van der Waals surface area contributed by atoms with Gasteiger partial charge in [-0.15, -0.1) is 0 Å². The van der Waals surface area contributed by atoms with Gasteiger partial charge in [0, 0.05) is 0 Å². The van der Waals surface area contributed by atoms with Gasteiger partial charge in [-0.2, -0.15) is 0 Å². The van der Waals surface area contributed by atoms with E-state index in [1.807, 2.05) is 6.07 Å². The fourth-order valence-corrected chi connectivity index (χ4v) is 0.838. The topological polar surface area (TPSA) is 118 Å². The summed E-state index contributed by atoms with van der Waals surface area (Å²) in [6.45, 7) is 4.41. The van der Waals surface area contributed by atoms with E-state index in [1.165, 1.54) is 5.56 Å². The highest BCUT2D eigenvalue weighted by Gasteiger charge is 1.93. The Hall–Kier alpha value is -1.10. The van der Waals surface area contributed by atoms with Crippen LogP contribution in [0.4, 0.5) is 0 Å². The van der Waals surface area contributed by atoms with Gasteiger partial charge >= 0.3 is 0 Å². The van der Waals surface area contributed by atoms with Crippen molar-refractivity contribution in [2.45, 2.75) is 19.8 Å². The average molecular weight is 252 g/mol. The van der Waals surface area contributed by atoms with E-state index in [4.69, 9.17) is 21.0 Å². The molecule has 0 spiro atoms. The third-order valence-corrected chi connectivity index (χ3v) is 1.53. The second kappa shape index (κ2) is 14.9. The first-order valence-electron chi connectivity index (χ1n) is 4.42. The van der Waals surface area contributed by atoms with E-state index in [1.54, 1.807) is 0 Å². The molecule has 17 heavy (non-hydrogen) atoms. The van der Waals surface area contributed by atoms with E-state index in [0.717, 1.165) is 0 Å². The van der Waals surface area contributed by atoms with Crippen molar-refractivity contribution >= 4 is 0 Å². The van der Waals surface area contributed by atoms with Gasteiger partial charge < -0.3 is 0 Å². The Morgan fingerprint density at radius 1 is 0.765 bits per heavy atom. The molecule has 0 amide bonds. The summed E-state index contributed by atoms with van der Waals surface area (Å²) in [5.41, 5.74) is 1.41. The molecule has 0 saturated heterocycles. The number of rotatable bonds is 3. The summed E-state index contributed by atoms with van der Waals surface area (Å²) in [6, 6.07) is 10.5. The van der Waals surface area contributed by atoms with E-state index in [0.29, 0.717) is 5.92 Å². The van der Waals surface area contributed by atoms with Crippen LogP contribution >= 0.6 is 0 Å². The highest BCUT2D eigenvalue weighted by atomic mass is 17.6. The van der Waals surface area contributed by atoms with Gasteiger partial charge in [0.25, 0.3) is 0 Å². The molecule has 0 aromatic heterocycles. The Morgan fingerprint density at radius 2 is 1.12 bits per heavy atom. The summed E-state index contributed by atoms with van der Waals surface area (Å²) in [4.78, 5) is 0. The number of benzene rings is 1. The maximum atomic E-state index is 6.90. The van der Waals surface area contributed by atoms with E-state index in [-0.39, 0.29) is 0 Å². The van der Waals surface area contributed by atoms with Crippen LogP contribution in [0.25, 0.3) is 0 Å². The van der Waals surface area contributed by atoms with Crippen molar-refractivity contribution in [2.24, 2.45) is 0 Å². The van der Waals surface area contributed by atoms with Crippen LogP contribution in [-0.2, 0) is 20.2 Å². The zero-order valence-electron chi connectivity index (χ0n) is 9.39. The minimum Gasteiger partial charge on any atom is -0.219 e. The van der Waals surface area contributed by atoms with Crippen LogP contribution < -0.4 is 0 Å². The van der Waals surface area contributed by atoms with Crippen molar-refractivity contribution in [2.75, 3.05) is 0 Å². The van der Waals surface area contributed by atoms with Crippen molar-refractivity contribution in [1.29, 1.82) is 0 Å². The summed E-state index contributed by atoms with van der Waals surface area (Å²) in [6.07, 6.45) is 0. The van der Waals surface area contributed by atoms with Crippen LogP contribution in [0.15, 0.2) is 30.3 Å². The Kier molecular flexibility index (Phi) is 16.0. The molecule has 8 heteroatoms. The standard InChI is InChI=1S/C9H12.2H2O4/c1-8(2)9-6-4-3-5-7-9;2*1-3-4-2/h3-8H,1-2H3;2*1-2H. The lowest BCUT2D eigenvalue weighted by Crippen LogP contribution is -1.83. The molecule has 1 rings (SSSR count). The van der Waals surface area contributed by atoms with Gasteiger partial charge in [0.2, 0.25) is 0 Å². The molecule has 1 aromatic carbocycles. The van der Waals surface area contributed by atoms with Crippen molar-refractivity contribution < 1.29 is 41.2 Å². The molecule has 0 heterocycles. The first-order chi connectivity index (χ1) is 8.13. The predicted octanol–water partition coefficient (Wildman–Crippen LogP) is 2.57. The number of hydrogen-bond donors (Lipinski definition) is 4. The molecule has 0 aliphatic heterocycles. The largest absolute Gasteiger partial charge is 0.219 e. The first-order valence-corrected chi connectivity index (χ1v) is 4.42. The third-order valence-electron chi connectivity index (χ3n) is 1.53. The lowest BCUT2D eigenvalue weighted by atomic mass is 10.0. The maximum Gasteiger partial charge on any atom is -0.0219 e. The second-order valence-electron chi connectivity index (χ2n) is 2.86. The minimum absolute atomic E-state index is 0.659. The molecule has 0 unspecified atom stereocenters. The summed E-state index contributed by atoms with van der Waals surface area (Å²) in [5, 5.41) is 38.0. The molecular formula is C9H16O8. The highest BCUT2D eigenvalue weighted by Crippen LogP contribution is 2.11. The van der Waals surface area contributed by atoms with Crippen molar-refractivity contribution in [3.8, 4) is 0 Å². The van der Waals surface area contributed by atoms with Crippen molar-refractivity contribution in [3.63, 3.8) is 0 Å². The Labute approximate surface area is 97.7 Å². The zero-order valence-corrected chi connectivity index (χ0v) is 9.39. The van der Waals surface area contributed by atoms with Crippen LogP contribution in [-0.4, -0.2) is 21.0 Å². The molecule has 0 aliphatic rings. The quantitative estimate of drug-likeness (QED) is 0.478. The Balaban J connectivity index is 0. The van der Waals surface area contributed by atoms with Crippen LogP contribution in [0.1, 0.15) is 25.3 Å². The fraction of sp³-hybridized carbons (Fsp3) is 0.333. The fourth-order valence-electron chi connectivity index (χ4n) is 0.838. The summed E-state index contributed by atoms with van der Waals surface area (Å²) in [7, 11) is 0. The molecule has 0 bridgehead atoms. The average Bonchev–Trinajstić information content (AvgIpc) is 2.40. The number of hydrogen-bond acceptors (Lipinski definition) is 8. The van der Waals surface area contributed by atoms with Crippen LogP contribution in [0.2, 0.25) is 0 Å². The molecule has 0 aliphatic carbocycles. The predicted molar refractivity (Wildman–Crippen MR) is 55.4 cm³/mol. The van der Waals surface area contributed by atoms with Gasteiger partial charge in [0.05, 0.1) is 0 Å². The highest BCUT2D eigenvalue weighted by molar-refractivity contribution is 5.17. The van der Waals surface area contributed by atoms with Crippen molar-refractivity contribution in [3.05, 3.63) is 35.9 Å². The first kappa shape index (κ1) is 18.3. The lowest BCUT2D eigenvalue weighted by Gasteiger charge is -2.01. The Morgan fingerprint density at radius 3 is 1.29 bits per heavy atom. The zero-order chi connectivity index (χ0) is 13.5. The molecule has 0 fully saturated rings. The molecule has 100 valence electrons. The van der Waals surface area contributed by atoms with Crippen molar-refractivity contribution in [1.82, 2.24) is 0 Å². The van der Waals surface area contributed by atoms with Gasteiger partial charge in [-0.3, -0.25) is 0 Å². The van der Waals surface area contributed by atoms with E-state index >= 15 is 0 Å². The smallest absolute Gasteiger partial charge is 0.0219 e. The molecule has 0 saturated carbocycles. The minimum atomic E-state index is 0.659. The normalized spacial score (nSPS) is 8.88. The molecule has 0 atom stereocenters. The van der Waals surface area contributed by atoms with Gasteiger partial charge in [0.1, 0.15) is 0 Å². The monoisotopic (exact) mass is 252 g/mol. The van der Waals surface area contributed by atoms with Crippen LogP contribution in [0.5, 0.6) is 0 Å². The lowest BCUT2D eigenvalue weighted by molar-refractivity contribution is -0.611. The van der Waals surface area contributed by atoms with E-state index < -0.39 is 0 Å². The second-order valence-corrected chi connectivity index (χ2v) is 2.86. The molecule has 1 aromatic rings. The molecule has 8 nitrogen and oxygen atoms in total. The van der Waals surface area contributed by atoms with Gasteiger partial charge in [-0.05, 0) is 31.6 Å². The maximum absolute atomic E-state index is 6.90. The van der Waals surface area contributed by atoms with Gasteiger partial charge in [-0.25, -0.2) is 21.0 Å². The SMILES string of the molecule is CC(C)c1ccccc1.OOOO.OOOO. The Bertz CT molecular complexity index is 220. The van der Waals surface area contributed by atoms with E-state index in [9.17, 15) is 0 Å². The molecule has 0 radical (unpaired) electrons. The van der Waals surface area contributed by atoms with Crippen LogP contribution in [0.3, 0.4) is 0 Å². The van der Waals surface area contributed by atoms with Crippen LogP contribution in [0, 0.1) is 0 Å². The summed E-state index contributed by atoms with van der Waals surface area (Å²) >= 11 is 0.